The van der Waals surface area contributed by atoms with Crippen LogP contribution >= 0.6 is 0 Å². The number of aryl methyl sites for hydroxylation is 2. The highest BCUT2D eigenvalue weighted by Crippen LogP contribution is 2.21. The second-order valence-electron chi connectivity index (χ2n) is 6.73. The Morgan fingerprint density at radius 3 is 2.92 bits per heavy atom. The minimum atomic E-state index is -0.223. The fourth-order valence-electron chi connectivity index (χ4n) is 3.21. The molecule has 25 heavy (non-hydrogen) atoms. The highest BCUT2D eigenvalue weighted by molar-refractivity contribution is 5.79. The van der Waals surface area contributed by atoms with E-state index in [9.17, 15) is 9.59 Å². The molecule has 0 saturated carbocycles. The van der Waals surface area contributed by atoms with Gasteiger partial charge in [-0.15, -0.1) is 0 Å². The average Bonchev–Trinajstić information content (AvgIpc) is 2.62. The molecular formula is C19H24N4O2. The third kappa shape index (κ3) is 4.26. The maximum Gasteiger partial charge on any atom is 0.266 e. The van der Waals surface area contributed by atoms with Gasteiger partial charge in [-0.1, -0.05) is 18.2 Å². The van der Waals surface area contributed by atoms with Crippen LogP contribution in [0.5, 0.6) is 0 Å². The maximum absolute atomic E-state index is 12.5. The Hall–Kier alpha value is -2.63. The van der Waals surface area contributed by atoms with Crippen molar-refractivity contribution in [2.75, 3.05) is 18.0 Å². The number of rotatable bonds is 4. The number of H-pyrrole nitrogens is 1. The van der Waals surface area contributed by atoms with Crippen LogP contribution in [0, 0.1) is 19.8 Å². The number of aromatic nitrogens is 2. The van der Waals surface area contributed by atoms with Gasteiger partial charge in [-0.25, -0.2) is 5.10 Å². The molecule has 1 aromatic heterocycles. The summed E-state index contributed by atoms with van der Waals surface area (Å²) in [5, 5.41) is 9.27. The van der Waals surface area contributed by atoms with E-state index < -0.39 is 0 Å². The van der Waals surface area contributed by atoms with Crippen molar-refractivity contribution >= 4 is 11.6 Å². The number of piperidine rings is 1. The van der Waals surface area contributed by atoms with Gasteiger partial charge in [-0.05, 0) is 43.4 Å². The van der Waals surface area contributed by atoms with Crippen LogP contribution in [-0.4, -0.2) is 29.2 Å². The highest BCUT2D eigenvalue weighted by Gasteiger charge is 2.26. The summed E-state index contributed by atoms with van der Waals surface area (Å²) in [5.74, 6) is 0.000288. The van der Waals surface area contributed by atoms with Gasteiger partial charge in [-0.3, -0.25) is 9.59 Å². The van der Waals surface area contributed by atoms with Gasteiger partial charge in [0.25, 0.3) is 5.56 Å². The molecule has 1 amide bonds. The number of benzene rings is 1. The standard InChI is InChI=1S/C19H24N4O2/c1-13-5-6-15(8-14(13)2)10-20-19(25)16-4-3-7-23(12-16)17-9-18(24)22-21-11-17/h5-6,8-9,11,16H,3-4,7,10,12H2,1-2H3,(H,20,25)(H,22,24). The third-order valence-electron chi connectivity index (χ3n) is 4.85. The normalized spacial score (nSPS) is 17.4. The SMILES string of the molecule is Cc1ccc(CNC(=O)C2CCCN(c3cn[nH]c(=O)c3)C2)cc1C. The van der Waals surface area contributed by atoms with Crippen molar-refractivity contribution in [3.63, 3.8) is 0 Å². The zero-order valence-corrected chi connectivity index (χ0v) is 14.7. The van der Waals surface area contributed by atoms with E-state index in [1.165, 1.54) is 17.2 Å². The number of hydrogen-bond acceptors (Lipinski definition) is 4. The van der Waals surface area contributed by atoms with Crippen LogP contribution in [0.15, 0.2) is 35.3 Å². The molecule has 1 aliphatic heterocycles. The van der Waals surface area contributed by atoms with Gasteiger partial charge in [0, 0.05) is 25.7 Å². The fourth-order valence-corrected chi connectivity index (χ4v) is 3.21. The number of amides is 1. The fraction of sp³-hybridized carbons (Fsp3) is 0.421. The molecule has 1 unspecified atom stereocenters. The van der Waals surface area contributed by atoms with E-state index >= 15 is 0 Å². The number of carbonyl (C=O) groups is 1. The highest BCUT2D eigenvalue weighted by atomic mass is 16.2. The molecular weight excluding hydrogens is 316 g/mol. The lowest BCUT2D eigenvalue weighted by Gasteiger charge is -2.33. The van der Waals surface area contributed by atoms with Gasteiger partial charge in [0.15, 0.2) is 0 Å². The van der Waals surface area contributed by atoms with E-state index in [-0.39, 0.29) is 17.4 Å². The van der Waals surface area contributed by atoms with E-state index in [2.05, 4.69) is 52.5 Å². The summed E-state index contributed by atoms with van der Waals surface area (Å²) in [6.07, 6.45) is 3.43. The van der Waals surface area contributed by atoms with Crippen LogP contribution < -0.4 is 15.8 Å². The summed E-state index contributed by atoms with van der Waals surface area (Å²) in [6, 6.07) is 7.78. The van der Waals surface area contributed by atoms with Gasteiger partial charge < -0.3 is 10.2 Å². The average molecular weight is 340 g/mol. The second kappa shape index (κ2) is 7.51. The maximum atomic E-state index is 12.5. The molecule has 2 heterocycles. The molecule has 132 valence electrons. The summed E-state index contributed by atoms with van der Waals surface area (Å²) in [7, 11) is 0. The van der Waals surface area contributed by atoms with E-state index in [0.717, 1.165) is 30.6 Å². The van der Waals surface area contributed by atoms with Crippen molar-refractivity contribution in [3.8, 4) is 0 Å². The van der Waals surface area contributed by atoms with Crippen molar-refractivity contribution in [2.24, 2.45) is 5.92 Å². The second-order valence-corrected chi connectivity index (χ2v) is 6.73. The molecule has 1 aromatic carbocycles. The van der Waals surface area contributed by atoms with Crippen molar-refractivity contribution in [3.05, 3.63) is 57.5 Å². The van der Waals surface area contributed by atoms with E-state index in [0.29, 0.717) is 13.1 Å². The van der Waals surface area contributed by atoms with E-state index in [1.807, 2.05) is 0 Å². The van der Waals surface area contributed by atoms with E-state index in [4.69, 9.17) is 0 Å². The molecule has 0 spiro atoms. The van der Waals surface area contributed by atoms with Gasteiger partial charge in [-0.2, -0.15) is 5.10 Å². The number of anilines is 1. The quantitative estimate of drug-likeness (QED) is 0.891. The van der Waals surface area contributed by atoms with Crippen molar-refractivity contribution < 1.29 is 4.79 Å². The molecule has 6 nitrogen and oxygen atoms in total. The first-order valence-electron chi connectivity index (χ1n) is 8.66. The van der Waals surface area contributed by atoms with Crippen molar-refractivity contribution in [1.29, 1.82) is 0 Å². The largest absolute Gasteiger partial charge is 0.369 e. The first-order chi connectivity index (χ1) is 12.0. The number of hydrogen-bond donors (Lipinski definition) is 2. The molecule has 3 rings (SSSR count). The van der Waals surface area contributed by atoms with Crippen molar-refractivity contribution in [1.82, 2.24) is 15.5 Å². The van der Waals surface area contributed by atoms with Crippen LogP contribution in [0.4, 0.5) is 5.69 Å². The molecule has 6 heteroatoms. The number of aromatic amines is 1. The van der Waals surface area contributed by atoms with Crippen LogP contribution in [-0.2, 0) is 11.3 Å². The third-order valence-corrected chi connectivity index (χ3v) is 4.85. The molecule has 0 aliphatic carbocycles. The van der Waals surface area contributed by atoms with Gasteiger partial charge in [0.05, 0.1) is 17.8 Å². The predicted octanol–water partition coefficient (Wildman–Crippen LogP) is 1.92. The first kappa shape index (κ1) is 17.2. The number of nitrogens with one attached hydrogen (secondary N) is 2. The van der Waals surface area contributed by atoms with Crippen LogP contribution in [0.2, 0.25) is 0 Å². The Morgan fingerprint density at radius 2 is 2.16 bits per heavy atom. The molecule has 0 bridgehead atoms. The Balaban J connectivity index is 1.60. The monoisotopic (exact) mass is 340 g/mol. The molecule has 2 N–H and O–H groups in total. The summed E-state index contributed by atoms with van der Waals surface area (Å²) < 4.78 is 0. The lowest BCUT2D eigenvalue weighted by atomic mass is 9.96. The smallest absolute Gasteiger partial charge is 0.266 e. The van der Waals surface area contributed by atoms with Crippen LogP contribution in [0.3, 0.4) is 0 Å². The zero-order valence-electron chi connectivity index (χ0n) is 14.7. The summed E-state index contributed by atoms with van der Waals surface area (Å²) in [5.41, 5.74) is 4.15. The lowest BCUT2D eigenvalue weighted by molar-refractivity contribution is -0.125. The Kier molecular flexibility index (Phi) is 5.16. The van der Waals surface area contributed by atoms with Gasteiger partial charge in [0.2, 0.25) is 5.91 Å². The topological polar surface area (TPSA) is 78.1 Å². The molecule has 1 fully saturated rings. The molecule has 2 aromatic rings. The Morgan fingerprint density at radius 1 is 1.32 bits per heavy atom. The van der Waals surface area contributed by atoms with Gasteiger partial charge >= 0.3 is 0 Å². The van der Waals surface area contributed by atoms with E-state index in [1.54, 1.807) is 6.20 Å². The van der Waals surface area contributed by atoms with Crippen molar-refractivity contribution in [2.45, 2.75) is 33.2 Å². The molecule has 1 aliphatic rings. The summed E-state index contributed by atoms with van der Waals surface area (Å²) in [4.78, 5) is 26.0. The first-order valence-corrected chi connectivity index (χ1v) is 8.66. The molecule has 1 saturated heterocycles. The van der Waals surface area contributed by atoms with Gasteiger partial charge in [0.1, 0.15) is 0 Å². The summed E-state index contributed by atoms with van der Waals surface area (Å²) in [6.45, 7) is 6.16. The van der Waals surface area contributed by atoms with Crippen LogP contribution in [0.25, 0.3) is 0 Å². The predicted molar refractivity (Wildman–Crippen MR) is 97.6 cm³/mol. The minimum absolute atomic E-state index is 0.0698. The molecule has 0 radical (unpaired) electrons. The summed E-state index contributed by atoms with van der Waals surface area (Å²) >= 11 is 0. The minimum Gasteiger partial charge on any atom is -0.369 e. The molecule has 1 atom stereocenters. The van der Waals surface area contributed by atoms with Crippen LogP contribution in [0.1, 0.15) is 29.5 Å². The zero-order chi connectivity index (χ0) is 17.8. The number of nitrogens with zero attached hydrogens (tertiary/aromatic N) is 2. The Bertz CT molecular complexity index is 815. The lowest BCUT2D eigenvalue weighted by Crippen LogP contribution is -2.43. The Labute approximate surface area is 147 Å². The number of carbonyl (C=O) groups excluding carboxylic acids is 1.